The van der Waals surface area contributed by atoms with Gasteiger partial charge in [0.1, 0.15) is 5.65 Å². The Kier molecular flexibility index (Phi) is 5.12. The van der Waals surface area contributed by atoms with Crippen LogP contribution in [0, 0.1) is 5.41 Å². The smallest absolute Gasteiger partial charge is 0.170 e. The van der Waals surface area contributed by atoms with Crippen LogP contribution >= 0.6 is 0 Å². The van der Waals surface area contributed by atoms with E-state index in [1.54, 1.807) is 25.6 Å². The Bertz CT molecular complexity index is 943. The minimum absolute atomic E-state index is 0.0189. The quantitative estimate of drug-likeness (QED) is 0.486. The van der Waals surface area contributed by atoms with Crippen LogP contribution in [0.4, 0.5) is 11.6 Å². The molecule has 134 valence electrons. The summed E-state index contributed by atoms with van der Waals surface area (Å²) in [6, 6.07) is 4.04. The molecule has 0 aliphatic rings. The largest absolute Gasteiger partial charge is 0.393 e. The molecule has 5 N–H and O–H groups in total. The van der Waals surface area contributed by atoms with Crippen LogP contribution in [0.3, 0.4) is 0 Å². The van der Waals surface area contributed by atoms with Gasteiger partial charge in [0.25, 0.3) is 0 Å². The van der Waals surface area contributed by atoms with E-state index >= 15 is 0 Å². The van der Waals surface area contributed by atoms with Crippen LogP contribution in [0.1, 0.15) is 30.6 Å². The topological polar surface area (TPSA) is 117 Å². The van der Waals surface area contributed by atoms with Gasteiger partial charge < -0.3 is 26.2 Å². The molecular weight excluding hydrogens is 328 g/mol. The molecule has 0 bridgehead atoms. The average molecular weight is 350 g/mol. The van der Waals surface area contributed by atoms with Crippen molar-refractivity contribution in [2.75, 3.05) is 18.1 Å². The number of nitrogens with zero attached hydrogens (tertiary/aromatic N) is 4. The van der Waals surface area contributed by atoms with E-state index in [4.69, 9.17) is 11.1 Å². The summed E-state index contributed by atoms with van der Waals surface area (Å²) >= 11 is 0. The highest BCUT2D eigenvalue weighted by Crippen LogP contribution is 2.25. The molecule has 0 saturated carbocycles. The highest BCUT2D eigenvalue weighted by atomic mass is 15.1. The second kappa shape index (κ2) is 7.64. The third-order valence-electron chi connectivity index (χ3n) is 4.09. The number of nitrogens with one attached hydrogen (secondary N) is 3. The van der Waals surface area contributed by atoms with Crippen LogP contribution < -0.4 is 16.4 Å². The summed E-state index contributed by atoms with van der Waals surface area (Å²) in [5, 5.41) is 13.8. The third kappa shape index (κ3) is 3.49. The molecule has 3 heterocycles. The van der Waals surface area contributed by atoms with E-state index in [2.05, 4.69) is 32.5 Å². The predicted octanol–water partition coefficient (Wildman–Crippen LogP) is 2.48. The monoisotopic (exact) mass is 350 g/mol. The van der Waals surface area contributed by atoms with Crippen LogP contribution in [0.15, 0.2) is 43.1 Å². The summed E-state index contributed by atoms with van der Waals surface area (Å²) in [5.41, 5.74) is 9.21. The molecule has 1 atom stereocenters. The third-order valence-corrected chi connectivity index (χ3v) is 4.09. The van der Waals surface area contributed by atoms with Crippen molar-refractivity contribution in [3.05, 3.63) is 54.4 Å². The lowest BCUT2D eigenvalue weighted by Crippen LogP contribution is -2.14. The van der Waals surface area contributed by atoms with Crippen molar-refractivity contribution in [3.63, 3.8) is 0 Å². The summed E-state index contributed by atoms with van der Waals surface area (Å²) < 4.78 is 1.98. The van der Waals surface area contributed by atoms with Crippen LogP contribution in [0.25, 0.3) is 11.2 Å². The minimum Gasteiger partial charge on any atom is -0.393 e. The zero-order chi connectivity index (χ0) is 18.5. The second-order valence-electron chi connectivity index (χ2n) is 5.78. The number of aromatic nitrogens is 4. The highest BCUT2D eigenvalue weighted by molar-refractivity contribution is 6.07. The van der Waals surface area contributed by atoms with Crippen LogP contribution in [0.2, 0.25) is 0 Å². The molecule has 0 saturated heterocycles. The van der Waals surface area contributed by atoms with E-state index in [-0.39, 0.29) is 6.04 Å². The van der Waals surface area contributed by atoms with Gasteiger partial charge in [-0.15, -0.1) is 0 Å². The Balaban J connectivity index is 1.92. The van der Waals surface area contributed by atoms with Crippen molar-refractivity contribution in [2.45, 2.75) is 19.4 Å². The molecule has 3 aromatic heterocycles. The number of pyridine rings is 1. The van der Waals surface area contributed by atoms with Crippen LogP contribution in [0.5, 0.6) is 0 Å². The Morgan fingerprint density at radius 2 is 2.23 bits per heavy atom. The number of fused-ring (bicyclic) bond motifs is 1. The van der Waals surface area contributed by atoms with Gasteiger partial charge in [0.15, 0.2) is 11.6 Å². The standard InChI is InChI=1S/C18H22N8/c1-3-14(12-4-5-16-22-6-7-26(16)11-12)24-18-17(20)23-10-15(25-18)13(8-19)9-21-2/h4-11,14,19,21H,3H2,1-2H3,(H2,20,23)(H,24,25)/b13-9+,19-8?. The molecular formula is C18H22N8. The zero-order valence-corrected chi connectivity index (χ0v) is 14.8. The molecule has 3 rings (SSSR count). The van der Waals surface area contributed by atoms with Crippen molar-refractivity contribution in [2.24, 2.45) is 0 Å². The molecule has 0 spiro atoms. The summed E-state index contributed by atoms with van der Waals surface area (Å²) in [5.74, 6) is 0.827. The van der Waals surface area contributed by atoms with Gasteiger partial charge in [-0.3, -0.25) is 0 Å². The van der Waals surface area contributed by atoms with E-state index in [0.717, 1.165) is 17.6 Å². The maximum absolute atomic E-state index is 7.54. The van der Waals surface area contributed by atoms with Crippen molar-refractivity contribution < 1.29 is 0 Å². The van der Waals surface area contributed by atoms with Gasteiger partial charge in [0.05, 0.1) is 17.9 Å². The lowest BCUT2D eigenvalue weighted by atomic mass is 10.1. The number of hydrogen-bond donors (Lipinski definition) is 4. The Hall–Kier alpha value is -3.42. The van der Waals surface area contributed by atoms with E-state index in [1.165, 1.54) is 6.21 Å². The number of nitrogens with two attached hydrogens (primary N) is 1. The van der Waals surface area contributed by atoms with Crippen molar-refractivity contribution in [1.82, 2.24) is 24.7 Å². The fourth-order valence-corrected chi connectivity index (χ4v) is 2.72. The summed E-state index contributed by atoms with van der Waals surface area (Å²) in [6.07, 6.45) is 11.1. The summed E-state index contributed by atoms with van der Waals surface area (Å²) in [7, 11) is 1.77. The SMILES string of the molecule is CCC(Nc1nc(/C(C=N)=C/NC)cnc1N)c1ccc2nccn2c1. The van der Waals surface area contributed by atoms with E-state index in [0.29, 0.717) is 22.9 Å². The first kappa shape index (κ1) is 17.4. The maximum Gasteiger partial charge on any atom is 0.170 e. The summed E-state index contributed by atoms with van der Waals surface area (Å²) in [4.78, 5) is 13.0. The maximum atomic E-state index is 7.54. The van der Waals surface area contributed by atoms with Gasteiger partial charge in [0.2, 0.25) is 0 Å². The lowest BCUT2D eigenvalue weighted by Gasteiger charge is -2.19. The molecule has 8 nitrogen and oxygen atoms in total. The Morgan fingerprint density at radius 3 is 2.96 bits per heavy atom. The normalized spacial score (nSPS) is 12.8. The number of nitrogen functional groups attached to an aromatic ring is 1. The summed E-state index contributed by atoms with van der Waals surface area (Å²) in [6.45, 7) is 2.09. The molecule has 0 aliphatic carbocycles. The van der Waals surface area contributed by atoms with E-state index in [9.17, 15) is 0 Å². The van der Waals surface area contributed by atoms with Gasteiger partial charge in [-0.2, -0.15) is 0 Å². The van der Waals surface area contributed by atoms with Gasteiger partial charge in [0, 0.05) is 43.6 Å². The number of anilines is 2. The Labute approximate surface area is 151 Å². The molecule has 0 radical (unpaired) electrons. The average Bonchev–Trinajstić information content (AvgIpc) is 3.13. The zero-order valence-electron chi connectivity index (χ0n) is 14.8. The molecule has 1 unspecified atom stereocenters. The first-order valence-electron chi connectivity index (χ1n) is 8.36. The van der Waals surface area contributed by atoms with Crippen molar-refractivity contribution in [3.8, 4) is 0 Å². The van der Waals surface area contributed by atoms with Gasteiger partial charge in [-0.1, -0.05) is 13.0 Å². The van der Waals surface area contributed by atoms with Crippen molar-refractivity contribution in [1.29, 1.82) is 5.41 Å². The predicted molar refractivity (Wildman–Crippen MR) is 104 cm³/mol. The van der Waals surface area contributed by atoms with Crippen LogP contribution in [-0.4, -0.2) is 32.6 Å². The molecule has 0 aliphatic heterocycles. The molecule has 0 aromatic carbocycles. The number of imidazole rings is 1. The van der Waals surface area contributed by atoms with Crippen molar-refractivity contribution >= 4 is 29.1 Å². The molecule has 26 heavy (non-hydrogen) atoms. The second-order valence-corrected chi connectivity index (χ2v) is 5.78. The van der Waals surface area contributed by atoms with Gasteiger partial charge >= 0.3 is 0 Å². The highest BCUT2D eigenvalue weighted by Gasteiger charge is 2.14. The fourth-order valence-electron chi connectivity index (χ4n) is 2.72. The van der Waals surface area contributed by atoms with Gasteiger partial charge in [-0.25, -0.2) is 15.0 Å². The Morgan fingerprint density at radius 1 is 1.38 bits per heavy atom. The molecule has 0 fully saturated rings. The van der Waals surface area contributed by atoms with E-state index < -0.39 is 0 Å². The lowest BCUT2D eigenvalue weighted by molar-refractivity contribution is 0.738. The fraction of sp³-hybridized carbons (Fsp3) is 0.222. The van der Waals surface area contributed by atoms with Crippen LogP contribution in [-0.2, 0) is 0 Å². The minimum atomic E-state index is 0.0189. The number of allylic oxidation sites excluding steroid dienone is 1. The van der Waals surface area contributed by atoms with Gasteiger partial charge in [-0.05, 0) is 18.1 Å². The first-order chi connectivity index (χ1) is 12.7. The first-order valence-corrected chi connectivity index (χ1v) is 8.36. The molecule has 3 aromatic rings. The number of rotatable bonds is 7. The van der Waals surface area contributed by atoms with E-state index in [1.807, 2.05) is 28.9 Å². The number of hydrogen-bond acceptors (Lipinski definition) is 7. The molecule has 0 amide bonds. The molecule has 8 heteroatoms.